The third-order valence-electron chi connectivity index (χ3n) is 2.61. The van der Waals surface area contributed by atoms with Crippen LogP contribution in [0.15, 0.2) is 0 Å². The van der Waals surface area contributed by atoms with E-state index < -0.39 is 0 Å². The summed E-state index contributed by atoms with van der Waals surface area (Å²) in [6, 6.07) is 0. The molecular formula is C10H21NO3. The lowest BCUT2D eigenvalue weighted by Gasteiger charge is -2.14. The molecule has 1 unspecified atom stereocenters. The van der Waals surface area contributed by atoms with Gasteiger partial charge in [0.2, 0.25) is 0 Å². The molecule has 14 heavy (non-hydrogen) atoms. The van der Waals surface area contributed by atoms with Gasteiger partial charge in [0.15, 0.2) is 6.29 Å². The van der Waals surface area contributed by atoms with E-state index in [4.69, 9.17) is 14.2 Å². The van der Waals surface area contributed by atoms with E-state index >= 15 is 0 Å². The molecule has 1 fully saturated rings. The van der Waals surface area contributed by atoms with Gasteiger partial charge in [0.25, 0.3) is 0 Å². The van der Waals surface area contributed by atoms with Crippen LogP contribution in [-0.4, -0.2) is 46.8 Å². The van der Waals surface area contributed by atoms with Crippen LogP contribution in [-0.2, 0) is 14.2 Å². The fraction of sp³-hybridized carbons (Fsp3) is 1.00. The Hall–Kier alpha value is -0.160. The second-order valence-electron chi connectivity index (χ2n) is 3.62. The summed E-state index contributed by atoms with van der Waals surface area (Å²) in [5, 5.41) is 3.34. The monoisotopic (exact) mass is 203 g/mol. The quantitative estimate of drug-likeness (QED) is 0.486. The maximum atomic E-state index is 5.46. The zero-order valence-electron chi connectivity index (χ0n) is 9.12. The van der Waals surface area contributed by atoms with E-state index in [0.29, 0.717) is 6.61 Å². The molecule has 0 aromatic heterocycles. The molecular weight excluding hydrogens is 182 g/mol. The number of rotatable bonds is 7. The Kier molecular flexibility index (Phi) is 6.10. The van der Waals surface area contributed by atoms with Gasteiger partial charge in [-0.05, 0) is 31.8 Å². The predicted molar refractivity (Wildman–Crippen MR) is 54.2 cm³/mol. The van der Waals surface area contributed by atoms with Crippen LogP contribution < -0.4 is 5.32 Å². The molecule has 4 nitrogen and oxygen atoms in total. The average Bonchev–Trinajstić information content (AvgIpc) is 2.71. The molecule has 4 heteroatoms. The summed E-state index contributed by atoms with van der Waals surface area (Å²) >= 11 is 0. The molecule has 1 heterocycles. The first-order chi connectivity index (χ1) is 6.86. The molecule has 1 N–H and O–H groups in total. The van der Waals surface area contributed by atoms with Crippen LogP contribution in [0.5, 0.6) is 0 Å². The lowest BCUT2D eigenvalue weighted by molar-refractivity contribution is -0.140. The molecule has 1 rings (SSSR count). The largest absolute Gasteiger partial charge is 0.376 e. The van der Waals surface area contributed by atoms with Crippen molar-refractivity contribution in [2.75, 3.05) is 40.5 Å². The molecule has 0 aromatic carbocycles. The summed E-state index contributed by atoms with van der Waals surface area (Å²) in [4.78, 5) is 0. The molecule has 0 spiro atoms. The number of nitrogens with one attached hydrogen (secondary N) is 1. The topological polar surface area (TPSA) is 39.7 Å². The average molecular weight is 203 g/mol. The van der Waals surface area contributed by atoms with Crippen LogP contribution in [0.1, 0.15) is 12.8 Å². The maximum Gasteiger partial charge on any atom is 0.180 e. The van der Waals surface area contributed by atoms with E-state index in [1.807, 2.05) is 0 Å². The molecule has 0 saturated carbocycles. The second kappa shape index (κ2) is 7.17. The van der Waals surface area contributed by atoms with E-state index in [1.165, 1.54) is 6.42 Å². The van der Waals surface area contributed by atoms with Crippen LogP contribution >= 0.6 is 0 Å². The van der Waals surface area contributed by atoms with Gasteiger partial charge in [-0.2, -0.15) is 0 Å². The number of methoxy groups -OCH3 is 2. The molecule has 1 aliphatic rings. The van der Waals surface area contributed by atoms with Crippen molar-refractivity contribution in [2.45, 2.75) is 19.1 Å². The Balaban J connectivity index is 1.92. The summed E-state index contributed by atoms with van der Waals surface area (Å²) in [7, 11) is 3.25. The van der Waals surface area contributed by atoms with Crippen molar-refractivity contribution in [1.29, 1.82) is 0 Å². The van der Waals surface area contributed by atoms with Gasteiger partial charge in [0.05, 0.1) is 6.61 Å². The minimum Gasteiger partial charge on any atom is -0.376 e. The first kappa shape index (κ1) is 11.9. The number of ether oxygens (including phenoxy) is 3. The molecule has 0 amide bonds. The van der Waals surface area contributed by atoms with Crippen molar-refractivity contribution in [3.8, 4) is 0 Å². The number of hydrogen-bond donors (Lipinski definition) is 1. The first-order valence-electron chi connectivity index (χ1n) is 5.21. The summed E-state index contributed by atoms with van der Waals surface area (Å²) in [6.45, 7) is 3.62. The highest BCUT2D eigenvalue weighted by Crippen LogP contribution is 2.11. The third-order valence-corrected chi connectivity index (χ3v) is 2.61. The van der Waals surface area contributed by atoms with E-state index in [9.17, 15) is 0 Å². The smallest absolute Gasteiger partial charge is 0.180 e. The Labute approximate surface area is 85.9 Å². The molecule has 1 atom stereocenters. The minimum absolute atomic E-state index is 0.225. The first-order valence-corrected chi connectivity index (χ1v) is 5.21. The lowest BCUT2D eigenvalue weighted by atomic mass is 10.1. The fourth-order valence-electron chi connectivity index (χ4n) is 1.62. The van der Waals surface area contributed by atoms with Gasteiger partial charge in [-0.15, -0.1) is 0 Å². The van der Waals surface area contributed by atoms with Crippen LogP contribution in [0, 0.1) is 5.92 Å². The van der Waals surface area contributed by atoms with E-state index in [-0.39, 0.29) is 6.29 Å². The fourth-order valence-corrected chi connectivity index (χ4v) is 1.62. The van der Waals surface area contributed by atoms with Crippen molar-refractivity contribution in [3.63, 3.8) is 0 Å². The molecule has 1 aliphatic heterocycles. The predicted octanol–water partition coefficient (Wildman–Crippen LogP) is 0.621. The molecule has 0 aliphatic carbocycles. The van der Waals surface area contributed by atoms with Gasteiger partial charge in [-0.1, -0.05) is 0 Å². The summed E-state index contributed by atoms with van der Waals surface area (Å²) in [6.07, 6.45) is 2.19. The Bertz CT molecular complexity index is 129. The van der Waals surface area contributed by atoms with Gasteiger partial charge in [-0.3, -0.25) is 0 Å². The Morgan fingerprint density at radius 2 is 2.14 bits per heavy atom. The third kappa shape index (κ3) is 4.37. The normalized spacial score (nSPS) is 22.1. The standard InChI is InChI=1S/C10H21NO3/c1-12-10(13-2)8-14-6-4-9-3-5-11-7-9/h9-11H,3-8H2,1-2H3. The molecule has 0 radical (unpaired) electrons. The van der Waals surface area contributed by atoms with Crippen molar-refractivity contribution in [3.05, 3.63) is 0 Å². The van der Waals surface area contributed by atoms with Gasteiger partial charge in [-0.25, -0.2) is 0 Å². The van der Waals surface area contributed by atoms with E-state index in [1.54, 1.807) is 14.2 Å². The van der Waals surface area contributed by atoms with Gasteiger partial charge >= 0.3 is 0 Å². The van der Waals surface area contributed by atoms with Crippen LogP contribution in [0.2, 0.25) is 0 Å². The highest BCUT2D eigenvalue weighted by molar-refractivity contribution is 4.70. The lowest BCUT2D eigenvalue weighted by Crippen LogP contribution is -2.21. The second-order valence-corrected chi connectivity index (χ2v) is 3.62. The number of hydrogen-bond acceptors (Lipinski definition) is 4. The van der Waals surface area contributed by atoms with E-state index in [0.717, 1.165) is 32.0 Å². The molecule has 0 bridgehead atoms. The van der Waals surface area contributed by atoms with Crippen molar-refractivity contribution < 1.29 is 14.2 Å². The Morgan fingerprint density at radius 1 is 1.36 bits per heavy atom. The highest BCUT2D eigenvalue weighted by atomic mass is 16.7. The minimum atomic E-state index is -0.225. The SMILES string of the molecule is COC(COCCC1CCNC1)OC. The maximum absolute atomic E-state index is 5.46. The zero-order valence-corrected chi connectivity index (χ0v) is 9.12. The van der Waals surface area contributed by atoms with Crippen LogP contribution in [0.3, 0.4) is 0 Å². The van der Waals surface area contributed by atoms with Gasteiger partial charge in [0.1, 0.15) is 0 Å². The molecule has 0 aromatic rings. The summed E-state index contributed by atoms with van der Waals surface area (Å²) < 4.78 is 15.5. The van der Waals surface area contributed by atoms with Crippen molar-refractivity contribution in [2.24, 2.45) is 5.92 Å². The van der Waals surface area contributed by atoms with Crippen molar-refractivity contribution in [1.82, 2.24) is 5.32 Å². The highest BCUT2D eigenvalue weighted by Gasteiger charge is 2.14. The zero-order chi connectivity index (χ0) is 10.2. The van der Waals surface area contributed by atoms with E-state index in [2.05, 4.69) is 5.32 Å². The van der Waals surface area contributed by atoms with Crippen LogP contribution in [0.4, 0.5) is 0 Å². The van der Waals surface area contributed by atoms with Gasteiger partial charge < -0.3 is 19.5 Å². The summed E-state index contributed by atoms with van der Waals surface area (Å²) in [5.74, 6) is 0.790. The molecule has 84 valence electrons. The van der Waals surface area contributed by atoms with Crippen LogP contribution in [0.25, 0.3) is 0 Å². The van der Waals surface area contributed by atoms with Crippen molar-refractivity contribution >= 4 is 0 Å². The molecule has 1 saturated heterocycles. The summed E-state index contributed by atoms with van der Waals surface area (Å²) in [5.41, 5.74) is 0. The van der Waals surface area contributed by atoms with Gasteiger partial charge in [0, 0.05) is 20.8 Å². The Morgan fingerprint density at radius 3 is 2.71 bits per heavy atom.